The van der Waals surface area contributed by atoms with Gasteiger partial charge in [0.05, 0.1) is 12.8 Å². The molecule has 0 aromatic heterocycles. The molecule has 0 aliphatic rings. The molecular formula is C10H12BrNO3. The van der Waals surface area contributed by atoms with Gasteiger partial charge < -0.3 is 14.7 Å². The maximum Gasteiger partial charge on any atom is 0.140 e. The summed E-state index contributed by atoms with van der Waals surface area (Å²) < 4.78 is 5.65. The number of methoxy groups -OCH3 is 1. The third kappa shape index (κ3) is 4.31. The van der Waals surface area contributed by atoms with E-state index in [2.05, 4.69) is 21.1 Å². The van der Waals surface area contributed by atoms with E-state index in [-0.39, 0.29) is 5.75 Å². The van der Waals surface area contributed by atoms with Crippen LogP contribution in [0.5, 0.6) is 5.75 Å². The molecule has 82 valence electrons. The Labute approximate surface area is 96.6 Å². The molecular weight excluding hydrogens is 262 g/mol. The first-order valence-electron chi connectivity index (χ1n) is 4.37. The number of benzene rings is 1. The molecule has 0 radical (unpaired) electrons. The van der Waals surface area contributed by atoms with Gasteiger partial charge in [0.15, 0.2) is 0 Å². The van der Waals surface area contributed by atoms with Crippen LogP contribution in [-0.2, 0) is 9.57 Å². The second-order valence-corrected chi connectivity index (χ2v) is 3.68. The van der Waals surface area contributed by atoms with E-state index >= 15 is 0 Å². The van der Waals surface area contributed by atoms with Gasteiger partial charge in [-0.1, -0.05) is 21.1 Å². The summed E-state index contributed by atoms with van der Waals surface area (Å²) >= 11 is 3.30. The monoisotopic (exact) mass is 273 g/mol. The topological polar surface area (TPSA) is 51.0 Å². The van der Waals surface area contributed by atoms with E-state index < -0.39 is 0 Å². The predicted molar refractivity (Wildman–Crippen MR) is 61.2 cm³/mol. The van der Waals surface area contributed by atoms with E-state index in [1.807, 2.05) is 0 Å². The number of phenolic OH excluding ortho intramolecular Hbond substituents is 1. The van der Waals surface area contributed by atoms with Crippen molar-refractivity contribution < 1.29 is 14.7 Å². The number of oxime groups is 1. The van der Waals surface area contributed by atoms with Crippen molar-refractivity contribution in [3.05, 3.63) is 28.2 Å². The van der Waals surface area contributed by atoms with Crippen LogP contribution in [0.2, 0.25) is 0 Å². The summed E-state index contributed by atoms with van der Waals surface area (Å²) in [6.45, 7) is 0.879. The number of halogens is 1. The molecule has 0 aliphatic carbocycles. The van der Waals surface area contributed by atoms with Crippen LogP contribution in [0.25, 0.3) is 0 Å². The summed E-state index contributed by atoms with van der Waals surface area (Å²) in [4.78, 5) is 4.89. The maximum atomic E-state index is 9.45. The Morgan fingerprint density at radius 2 is 2.27 bits per heavy atom. The van der Waals surface area contributed by atoms with Crippen molar-refractivity contribution in [2.45, 2.75) is 0 Å². The summed E-state index contributed by atoms with van der Waals surface area (Å²) in [5.41, 5.74) is 0.599. The molecule has 0 heterocycles. The number of hydrogen-bond acceptors (Lipinski definition) is 4. The first kappa shape index (κ1) is 12.0. The molecule has 0 amide bonds. The normalized spacial score (nSPS) is 10.8. The molecule has 1 aromatic carbocycles. The van der Waals surface area contributed by atoms with Gasteiger partial charge in [-0.2, -0.15) is 0 Å². The standard InChI is InChI=1S/C10H12BrNO3/c1-14-4-5-15-12-7-8-6-9(11)2-3-10(8)13/h2-3,6-7,13H,4-5H2,1H3/b12-7+. The summed E-state index contributed by atoms with van der Waals surface area (Å²) in [6, 6.07) is 5.08. The molecule has 1 rings (SSSR count). The molecule has 15 heavy (non-hydrogen) atoms. The minimum absolute atomic E-state index is 0.164. The highest BCUT2D eigenvalue weighted by Gasteiger charge is 1.98. The van der Waals surface area contributed by atoms with Crippen molar-refractivity contribution in [1.82, 2.24) is 0 Å². The van der Waals surface area contributed by atoms with Gasteiger partial charge in [-0.05, 0) is 18.2 Å². The average molecular weight is 274 g/mol. The fraction of sp³-hybridized carbons (Fsp3) is 0.300. The van der Waals surface area contributed by atoms with E-state index in [1.165, 1.54) is 6.21 Å². The average Bonchev–Trinajstić information content (AvgIpc) is 2.23. The predicted octanol–water partition coefficient (Wildman–Crippen LogP) is 2.15. The number of nitrogens with zero attached hydrogens (tertiary/aromatic N) is 1. The van der Waals surface area contributed by atoms with Crippen LogP contribution >= 0.6 is 15.9 Å². The van der Waals surface area contributed by atoms with Crippen LogP contribution in [-0.4, -0.2) is 31.6 Å². The Morgan fingerprint density at radius 3 is 3.00 bits per heavy atom. The van der Waals surface area contributed by atoms with E-state index in [4.69, 9.17) is 9.57 Å². The van der Waals surface area contributed by atoms with Gasteiger partial charge >= 0.3 is 0 Å². The van der Waals surface area contributed by atoms with Crippen molar-refractivity contribution in [2.24, 2.45) is 5.16 Å². The molecule has 0 fully saturated rings. The lowest BCUT2D eigenvalue weighted by molar-refractivity contribution is 0.0759. The second kappa shape index (κ2) is 6.42. The Kier molecular flexibility index (Phi) is 5.14. The molecule has 0 bridgehead atoms. The zero-order valence-corrected chi connectivity index (χ0v) is 9.90. The lowest BCUT2D eigenvalue weighted by Crippen LogP contribution is -1.97. The third-order valence-corrected chi connectivity index (χ3v) is 2.13. The molecule has 5 heteroatoms. The SMILES string of the molecule is COCCO/N=C/c1cc(Br)ccc1O. The molecule has 0 saturated heterocycles. The largest absolute Gasteiger partial charge is 0.507 e. The second-order valence-electron chi connectivity index (χ2n) is 2.76. The number of aromatic hydroxyl groups is 1. The van der Waals surface area contributed by atoms with Gasteiger partial charge in [0.2, 0.25) is 0 Å². The minimum atomic E-state index is 0.164. The van der Waals surface area contributed by atoms with Gasteiger partial charge in [0.25, 0.3) is 0 Å². The molecule has 0 unspecified atom stereocenters. The quantitative estimate of drug-likeness (QED) is 0.508. The van der Waals surface area contributed by atoms with Gasteiger partial charge in [-0.25, -0.2) is 0 Å². The van der Waals surface area contributed by atoms with Crippen LogP contribution in [0.15, 0.2) is 27.8 Å². The Balaban J connectivity index is 2.52. The molecule has 1 aromatic rings. The Morgan fingerprint density at radius 1 is 1.47 bits per heavy atom. The van der Waals surface area contributed by atoms with E-state index in [9.17, 15) is 5.11 Å². The van der Waals surface area contributed by atoms with Gasteiger partial charge in [-0.15, -0.1) is 0 Å². The highest BCUT2D eigenvalue weighted by molar-refractivity contribution is 9.10. The highest BCUT2D eigenvalue weighted by Crippen LogP contribution is 2.19. The summed E-state index contributed by atoms with van der Waals surface area (Å²) in [5, 5.41) is 13.1. The lowest BCUT2D eigenvalue weighted by Gasteiger charge is -1.99. The molecule has 0 atom stereocenters. The summed E-state index contributed by atoms with van der Waals surface area (Å²) in [7, 11) is 1.59. The number of ether oxygens (including phenoxy) is 1. The molecule has 1 N–H and O–H groups in total. The molecule has 0 spiro atoms. The van der Waals surface area contributed by atoms with Crippen molar-refractivity contribution in [3.63, 3.8) is 0 Å². The highest BCUT2D eigenvalue weighted by atomic mass is 79.9. The van der Waals surface area contributed by atoms with Crippen LogP contribution in [0.4, 0.5) is 0 Å². The maximum absolute atomic E-state index is 9.45. The third-order valence-electron chi connectivity index (χ3n) is 1.63. The fourth-order valence-electron chi connectivity index (χ4n) is 0.896. The minimum Gasteiger partial charge on any atom is -0.507 e. The number of phenols is 1. The van der Waals surface area contributed by atoms with Gasteiger partial charge in [-0.3, -0.25) is 0 Å². The molecule has 0 saturated carbocycles. The van der Waals surface area contributed by atoms with E-state index in [1.54, 1.807) is 25.3 Å². The van der Waals surface area contributed by atoms with Crippen molar-refractivity contribution in [2.75, 3.05) is 20.3 Å². The van der Waals surface area contributed by atoms with Gasteiger partial charge in [0.1, 0.15) is 12.4 Å². The first-order valence-corrected chi connectivity index (χ1v) is 5.16. The Hall–Kier alpha value is -1.07. The van der Waals surface area contributed by atoms with Crippen LogP contribution in [0.3, 0.4) is 0 Å². The van der Waals surface area contributed by atoms with Crippen LogP contribution in [0, 0.1) is 0 Å². The van der Waals surface area contributed by atoms with Crippen molar-refractivity contribution >= 4 is 22.1 Å². The number of hydrogen-bond donors (Lipinski definition) is 1. The number of rotatable bonds is 5. The first-order chi connectivity index (χ1) is 7.24. The van der Waals surface area contributed by atoms with Crippen LogP contribution < -0.4 is 0 Å². The summed E-state index contributed by atoms with van der Waals surface area (Å²) in [5.74, 6) is 0.164. The lowest BCUT2D eigenvalue weighted by atomic mass is 10.2. The van der Waals surface area contributed by atoms with Crippen molar-refractivity contribution in [1.29, 1.82) is 0 Å². The zero-order chi connectivity index (χ0) is 11.1. The summed E-state index contributed by atoms with van der Waals surface area (Å²) in [6.07, 6.45) is 1.45. The zero-order valence-electron chi connectivity index (χ0n) is 8.31. The molecule has 0 aliphatic heterocycles. The fourth-order valence-corrected chi connectivity index (χ4v) is 1.27. The molecule has 4 nitrogen and oxygen atoms in total. The van der Waals surface area contributed by atoms with Crippen molar-refractivity contribution in [3.8, 4) is 5.75 Å². The smallest absolute Gasteiger partial charge is 0.140 e. The van der Waals surface area contributed by atoms with Crippen LogP contribution in [0.1, 0.15) is 5.56 Å². The van der Waals surface area contributed by atoms with E-state index in [0.29, 0.717) is 18.8 Å². The van der Waals surface area contributed by atoms with E-state index in [0.717, 1.165) is 4.47 Å². The Bertz CT molecular complexity index is 341. The van der Waals surface area contributed by atoms with Gasteiger partial charge in [0, 0.05) is 17.1 Å².